The molecule has 1 aromatic carbocycles. The lowest BCUT2D eigenvalue weighted by Gasteiger charge is -2.08. The maximum Gasteiger partial charge on any atom is 0.248 e. The monoisotopic (exact) mass is 236 g/mol. The van der Waals surface area contributed by atoms with Crippen molar-refractivity contribution in [2.24, 2.45) is 5.73 Å². The molecule has 3 N–H and O–H groups in total. The molecule has 4 heteroatoms. The van der Waals surface area contributed by atoms with E-state index in [2.05, 4.69) is 5.32 Å². The van der Waals surface area contributed by atoms with Crippen molar-refractivity contribution in [2.45, 2.75) is 19.3 Å². The van der Waals surface area contributed by atoms with Crippen molar-refractivity contribution in [2.75, 3.05) is 20.2 Å². The van der Waals surface area contributed by atoms with Gasteiger partial charge in [0.05, 0.1) is 7.11 Å². The number of hydrogen-bond acceptors (Lipinski definition) is 3. The fourth-order valence-electron chi connectivity index (χ4n) is 1.56. The molecule has 0 atom stereocenters. The predicted octanol–water partition coefficient (Wildman–Crippen LogP) is 1.55. The van der Waals surface area contributed by atoms with E-state index in [9.17, 15) is 4.79 Å². The van der Waals surface area contributed by atoms with Crippen molar-refractivity contribution >= 4 is 5.91 Å². The zero-order valence-electron chi connectivity index (χ0n) is 10.2. The molecule has 1 fully saturated rings. The molecule has 0 saturated carbocycles. The highest BCUT2D eigenvalue weighted by molar-refractivity contribution is 5.92. The fraction of sp³-hybridized carbons (Fsp3) is 0.462. The molecule has 1 aliphatic heterocycles. The number of carbonyl (C=O) groups is 1. The number of nitrogens with one attached hydrogen (secondary N) is 1. The van der Waals surface area contributed by atoms with E-state index in [4.69, 9.17) is 10.5 Å². The molecule has 17 heavy (non-hydrogen) atoms. The van der Waals surface area contributed by atoms with Crippen molar-refractivity contribution in [3.05, 3.63) is 29.8 Å². The Morgan fingerprint density at radius 2 is 1.76 bits per heavy atom. The summed E-state index contributed by atoms with van der Waals surface area (Å²) in [4.78, 5) is 10.6. The number of carbonyl (C=O) groups excluding carboxylic acids is 1. The fourth-order valence-corrected chi connectivity index (χ4v) is 1.56. The topological polar surface area (TPSA) is 64.3 Å². The number of hydrogen-bond donors (Lipinski definition) is 2. The Balaban J connectivity index is 0.000000202. The Morgan fingerprint density at radius 1 is 1.18 bits per heavy atom. The summed E-state index contributed by atoms with van der Waals surface area (Å²) in [5.41, 5.74) is 5.52. The molecular formula is C13H20N2O2. The van der Waals surface area contributed by atoms with Gasteiger partial charge in [-0.05, 0) is 50.2 Å². The molecule has 0 unspecified atom stereocenters. The van der Waals surface area contributed by atoms with Crippen molar-refractivity contribution in [3.8, 4) is 5.75 Å². The van der Waals surface area contributed by atoms with Crippen molar-refractivity contribution < 1.29 is 9.53 Å². The minimum Gasteiger partial charge on any atom is -0.497 e. The zero-order chi connectivity index (χ0) is 12.5. The lowest BCUT2D eigenvalue weighted by atomic mass is 10.2. The van der Waals surface area contributed by atoms with E-state index in [-0.39, 0.29) is 0 Å². The van der Waals surface area contributed by atoms with E-state index in [1.165, 1.54) is 32.4 Å². The highest BCUT2D eigenvalue weighted by Gasteiger charge is 1.98. The first-order valence-corrected chi connectivity index (χ1v) is 5.88. The summed E-state index contributed by atoms with van der Waals surface area (Å²) >= 11 is 0. The number of piperidine rings is 1. The molecule has 1 saturated heterocycles. The standard InChI is InChI=1S/C8H9NO2.C5H11N/c1-11-7-4-2-6(3-5-7)8(9)10;1-2-4-6-5-3-1/h2-5H,1H3,(H2,9,10);6H,1-5H2. The van der Waals surface area contributed by atoms with Gasteiger partial charge in [0, 0.05) is 5.56 Å². The Labute approximate surface area is 102 Å². The summed E-state index contributed by atoms with van der Waals surface area (Å²) in [7, 11) is 1.57. The third-order valence-corrected chi connectivity index (χ3v) is 2.58. The second kappa shape index (κ2) is 7.68. The summed E-state index contributed by atoms with van der Waals surface area (Å²) < 4.78 is 4.90. The number of benzene rings is 1. The molecule has 0 radical (unpaired) electrons. The maximum absolute atomic E-state index is 10.6. The van der Waals surface area contributed by atoms with E-state index in [0.29, 0.717) is 5.56 Å². The normalized spacial score (nSPS) is 14.4. The number of methoxy groups -OCH3 is 1. The van der Waals surface area contributed by atoms with Gasteiger partial charge in [-0.15, -0.1) is 0 Å². The summed E-state index contributed by atoms with van der Waals surface area (Å²) in [5.74, 6) is 0.294. The predicted molar refractivity (Wildman–Crippen MR) is 68.2 cm³/mol. The molecular weight excluding hydrogens is 216 g/mol. The van der Waals surface area contributed by atoms with Crippen LogP contribution >= 0.6 is 0 Å². The summed E-state index contributed by atoms with van der Waals surface area (Å²) in [6.07, 6.45) is 4.22. The van der Waals surface area contributed by atoms with Gasteiger partial charge in [-0.1, -0.05) is 6.42 Å². The third kappa shape index (κ3) is 5.36. The van der Waals surface area contributed by atoms with Gasteiger partial charge < -0.3 is 15.8 Å². The van der Waals surface area contributed by atoms with Crippen molar-refractivity contribution in [3.63, 3.8) is 0 Å². The average molecular weight is 236 g/mol. The van der Waals surface area contributed by atoms with Crippen LogP contribution in [-0.2, 0) is 0 Å². The van der Waals surface area contributed by atoms with Gasteiger partial charge in [0.25, 0.3) is 0 Å². The van der Waals surface area contributed by atoms with E-state index in [1.807, 2.05) is 0 Å². The first kappa shape index (κ1) is 13.5. The minimum atomic E-state index is -0.423. The summed E-state index contributed by atoms with van der Waals surface area (Å²) in [6, 6.07) is 6.64. The van der Waals surface area contributed by atoms with Crippen LogP contribution in [0, 0.1) is 0 Å². The SMILES string of the molecule is C1CCNCC1.COc1ccc(C(N)=O)cc1. The lowest BCUT2D eigenvalue weighted by Crippen LogP contribution is -2.21. The third-order valence-electron chi connectivity index (χ3n) is 2.58. The van der Waals surface area contributed by atoms with Gasteiger partial charge in [-0.2, -0.15) is 0 Å². The molecule has 94 valence electrons. The molecule has 1 amide bonds. The molecule has 4 nitrogen and oxygen atoms in total. The largest absolute Gasteiger partial charge is 0.497 e. The van der Waals surface area contributed by atoms with Crippen molar-refractivity contribution in [1.29, 1.82) is 0 Å². The van der Waals surface area contributed by atoms with Crippen molar-refractivity contribution in [1.82, 2.24) is 5.32 Å². The molecule has 1 aliphatic rings. The molecule has 1 aromatic rings. The Kier molecular flexibility index (Phi) is 6.10. The van der Waals surface area contributed by atoms with E-state index in [1.54, 1.807) is 31.4 Å². The minimum absolute atomic E-state index is 0.423. The van der Waals surface area contributed by atoms with Crippen LogP contribution in [0.1, 0.15) is 29.6 Å². The van der Waals surface area contributed by atoms with Gasteiger partial charge in [0.1, 0.15) is 5.75 Å². The van der Waals surface area contributed by atoms with E-state index >= 15 is 0 Å². The Morgan fingerprint density at radius 3 is 2.06 bits per heavy atom. The second-order valence-corrected chi connectivity index (χ2v) is 3.90. The highest BCUT2D eigenvalue weighted by atomic mass is 16.5. The smallest absolute Gasteiger partial charge is 0.248 e. The number of ether oxygens (including phenoxy) is 1. The Hall–Kier alpha value is -1.55. The zero-order valence-corrected chi connectivity index (χ0v) is 10.2. The van der Waals surface area contributed by atoms with Crippen LogP contribution in [0.5, 0.6) is 5.75 Å². The van der Waals surface area contributed by atoms with Crippen LogP contribution in [0.4, 0.5) is 0 Å². The van der Waals surface area contributed by atoms with E-state index < -0.39 is 5.91 Å². The molecule has 0 bridgehead atoms. The number of rotatable bonds is 2. The van der Waals surface area contributed by atoms with Gasteiger partial charge in [-0.25, -0.2) is 0 Å². The Bertz CT molecular complexity index is 320. The second-order valence-electron chi connectivity index (χ2n) is 3.90. The quantitative estimate of drug-likeness (QED) is 0.819. The highest BCUT2D eigenvalue weighted by Crippen LogP contribution is 2.10. The van der Waals surface area contributed by atoms with Gasteiger partial charge in [0.2, 0.25) is 5.91 Å². The van der Waals surface area contributed by atoms with E-state index in [0.717, 1.165) is 5.75 Å². The molecule has 1 heterocycles. The maximum atomic E-state index is 10.6. The summed E-state index contributed by atoms with van der Waals surface area (Å²) in [6.45, 7) is 2.50. The molecule has 0 aliphatic carbocycles. The first-order chi connectivity index (χ1) is 8.24. The van der Waals surface area contributed by atoms with Crippen LogP contribution in [0.2, 0.25) is 0 Å². The molecule has 0 spiro atoms. The van der Waals surface area contributed by atoms with Crippen LogP contribution in [0.3, 0.4) is 0 Å². The van der Waals surface area contributed by atoms with Crippen LogP contribution < -0.4 is 15.8 Å². The van der Waals surface area contributed by atoms with Gasteiger partial charge in [0.15, 0.2) is 0 Å². The van der Waals surface area contributed by atoms with Gasteiger partial charge in [-0.3, -0.25) is 4.79 Å². The number of amides is 1. The number of primary amides is 1. The first-order valence-electron chi connectivity index (χ1n) is 5.88. The molecule has 0 aromatic heterocycles. The lowest BCUT2D eigenvalue weighted by molar-refractivity contribution is 0.100. The van der Waals surface area contributed by atoms with Gasteiger partial charge >= 0.3 is 0 Å². The molecule has 2 rings (SSSR count). The summed E-state index contributed by atoms with van der Waals surface area (Å²) in [5, 5.41) is 3.28. The van der Waals surface area contributed by atoms with Crippen LogP contribution in [0.25, 0.3) is 0 Å². The number of nitrogens with two attached hydrogens (primary N) is 1. The van der Waals surface area contributed by atoms with Crippen LogP contribution in [-0.4, -0.2) is 26.1 Å². The average Bonchev–Trinajstić information content (AvgIpc) is 2.41. The van der Waals surface area contributed by atoms with Crippen LogP contribution in [0.15, 0.2) is 24.3 Å².